The average Bonchev–Trinajstić information content (AvgIpc) is 2.83. The van der Waals surface area contributed by atoms with Gasteiger partial charge in [-0.15, -0.1) is 0 Å². The van der Waals surface area contributed by atoms with Crippen molar-refractivity contribution in [2.24, 2.45) is 0 Å². The van der Waals surface area contributed by atoms with Crippen LogP contribution in [-0.2, 0) is 4.79 Å². The molecular formula is C25H27NO7. The summed E-state index contributed by atoms with van der Waals surface area (Å²) in [5, 5.41) is 14.1. The summed E-state index contributed by atoms with van der Waals surface area (Å²) >= 11 is 0. The SMILES string of the molecule is COc1ccc(-c2cc(OC)cc(-c3c(OC)cc(NC(C)=O)cc3OC)c2O)c(OC)c1. The van der Waals surface area contributed by atoms with Crippen molar-refractivity contribution in [3.8, 4) is 56.8 Å². The Labute approximate surface area is 192 Å². The van der Waals surface area contributed by atoms with Gasteiger partial charge in [-0.25, -0.2) is 0 Å². The van der Waals surface area contributed by atoms with Crippen LogP contribution in [0, 0.1) is 0 Å². The first-order valence-electron chi connectivity index (χ1n) is 10.0. The molecule has 0 unspecified atom stereocenters. The fourth-order valence-electron chi connectivity index (χ4n) is 3.60. The summed E-state index contributed by atoms with van der Waals surface area (Å²) in [6, 6.07) is 12.0. The third-order valence-corrected chi connectivity index (χ3v) is 5.11. The van der Waals surface area contributed by atoms with Crippen LogP contribution in [0.3, 0.4) is 0 Å². The quantitative estimate of drug-likeness (QED) is 0.509. The van der Waals surface area contributed by atoms with Gasteiger partial charge in [0.1, 0.15) is 34.5 Å². The molecule has 0 spiro atoms. The molecule has 33 heavy (non-hydrogen) atoms. The Morgan fingerprint density at radius 3 is 1.79 bits per heavy atom. The number of hydrogen-bond acceptors (Lipinski definition) is 7. The standard InChI is InChI=1S/C25H27NO7/c1-14(27)26-15-9-22(32-5)24(23(10-15)33-6)20-12-17(30-3)11-19(25(20)28)18-8-7-16(29-2)13-21(18)31-4/h7-13,28H,1-6H3,(H,26,27). The van der Waals surface area contributed by atoms with Crippen LogP contribution in [-0.4, -0.2) is 46.6 Å². The molecule has 0 heterocycles. The first-order valence-corrected chi connectivity index (χ1v) is 10.0. The maximum absolute atomic E-state index is 11.5. The van der Waals surface area contributed by atoms with Crippen molar-refractivity contribution in [2.75, 3.05) is 40.9 Å². The number of phenols is 1. The number of rotatable bonds is 8. The number of hydrogen-bond donors (Lipinski definition) is 2. The van der Waals surface area contributed by atoms with Gasteiger partial charge in [-0.05, 0) is 24.3 Å². The van der Waals surface area contributed by atoms with Crippen LogP contribution in [0.4, 0.5) is 5.69 Å². The van der Waals surface area contributed by atoms with Gasteiger partial charge >= 0.3 is 0 Å². The van der Waals surface area contributed by atoms with Gasteiger partial charge in [-0.3, -0.25) is 4.79 Å². The smallest absolute Gasteiger partial charge is 0.221 e. The lowest BCUT2D eigenvalue weighted by Crippen LogP contribution is -2.06. The number of phenolic OH excluding ortho intramolecular Hbond substituents is 1. The number of amides is 1. The lowest BCUT2D eigenvalue weighted by atomic mass is 9.94. The first-order chi connectivity index (χ1) is 15.9. The lowest BCUT2D eigenvalue weighted by Gasteiger charge is -2.20. The Bertz CT molecular complexity index is 1150. The number of aromatic hydroxyl groups is 1. The van der Waals surface area contributed by atoms with Crippen molar-refractivity contribution in [1.29, 1.82) is 0 Å². The molecule has 0 atom stereocenters. The predicted octanol–water partition coefficient (Wildman–Crippen LogP) is 4.73. The van der Waals surface area contributed by atoms with Crippen LogP contribution < -0.4 is 29.0 Å². The van der Waals surface area contributed by atoms with Crippen LogP contribution in [0.5, 0.6) is 34.5 Å². The third kappa shape index (κ3) is 4.74. The van der Waals surface area contributed by atoms with Gasteiger partial charge in [0.05, 0.1) is 41.1 Å². The van der Waals surface area contributed by atoms with Gasteiger partial charge in [0.2, 0.25) is 5.91 Å². The number of carbonyl (C=O) groups excluding carboxylic acids is 1. The summed E-state index contributed by atoms with van der Waals surface area (Å²) in [5.41, 5.74) is 2.55. The van der Waals surface area contributed by atoms with Gasteiger partial charge in [0, 0.05) is 47.5 Å². The highest BCUT2D eigenvalue weighted by Crippen LogP contribution is 2.50. The molecule has 0 aliphatic rings. The molecule has 0 fully saturated rings. The van der Waals surface area contributed by atoms with E-state index in [2.05, 4.69) is 5.32 Å². The minimum absolute atomic E-state index is 0.0249. The van der Waals surface area contributed by atoms with Crippen molar-refractivity contribution >= 4 is 11.6 Å². The van der Waals surface area contributed by atoms with Gasteiger partial charge < -0.3 is 34.1 Å². The predicted molar refractivity (Wildman–Crippen MR) is 126 cm³/mol. The van der Waals surface area contributed by atoms with E-state index < -0.39 is 0 Å². The highest BCUT2D eigenvalue weighted by atomic mass is 16.5. The molecule has 0 aliphatic carbocycles. The summed E-state index contributed by atoms with van der Waals surface area (Å²) in [4.78, 5) is 11.5. The van der Waals surface area contributed by atoms with Gasteiger partial charge in [0.15, 0.2) is 0 Å². The Morgan fingerprint density at radius 1 is 0.697 bits per heavy atom. The van der Waals surface area contributed by atoms with Crippen LogP contribution >= 0.6 is 0 Å². The molecule has 0 aliphatic heterocycles. The molecule has 3 aromatic rings. The van der Waals surface area contributed by atoms with E-state index in [4.69, 9.17) is 23.7 Å². The molecule has 2 N–H and O–H groups in total. The van der Waals surface area contributed by atoms with Crippen molar-refractivity contribution in [1.82, 2.24) is 0 Å². The van der Waals surface area contributed by atoms with Crippen molar-refractivity contribution in [2.45, 2.75) is 6.92 Å². The van der Waals surface area contributed by atoms with E-state index in [1.807, 2.05) is 0 Å². The number of nitrogens with one attached hydrogen (secondary N) is 1. The molecule has 0 bridgehead atoms. The molecule has 0 saturated heterocycles. The molecule has 0 radical (unpaired) electrons. The normalized spacial score (nSPS) is 10.4. The van der Waals surface area contributed by atoms with Crippen LogP contribution in [0.2, 0.25) is 0 Å². The van der Waals surface area contributed by atoms with Crippen LogP contribution in [0.15, 0.2) is 42.5 Å². The molecular weight excluding hydrogens is 426 g/mol. The Kier molecular flexibility index (Phi) is 7.17. The molecule has 3 aromatic carbocycles. The third-order valence-electron chi connectivity index (χ3n) is 5.11. The van der Waals surface area contributed by atoms with Crippen LogP contribution in [0.1, 0.15) is 6.92 Å². The Hall–Kier alpha value is -4.07. The highest BCUT2D eigenvalue weighted by molar-refractivity contribution is 5.94. The summed E-state index contributed by atoms with van der Waals surface area (Å²) in [6.45, 7) is 1.41. The van der Waals surface area contributed by atoms with E-state index >= 15 is 0 Å². The largest absolute Gasteiger partial charge is 0.507 e. The lowest BCUT2D eigenvalue weighted by molar-refractivity contribution is -0.114. The second-order valence-electron chi connectivity index (χ2n) is 7.07. The number of benzene rings is 3. The van der Waals surface area contributed by atoms with Crippen molar-refractivity contribution < 1.29 is 33.6 Å². The van der Waals surface area contributed by atoms with E-state index in [0.717, 1.165) is 0 Å². The van der Waals surface area contributed by atoms with E-state index in [9.17, 15) is 9.90 Å². The molecule has 0 saturated carbocycles. The fraction of sp³-hybridized carbons (Fsp3) is 0.240. The zero-order valence-corrected chi connectivity index (χ0v) is 19.4. The second kappa shape index (κ2) is 10.0. The van der Waals surface area contributed by atoms with Gasteiger partial charge in [-0.2, -0.15) is 0 Å². The summed E-state index contributed by atoms with van der Waals surface area (Å²) in [6.07, 6.45) is 0. The monoisotopic (exact) mass is 453 g/mol. The van der Waals surface area contributed by atoms with E-state index in [1.54, 1.807) is 63.8 Å². The van der Waals surface area contributed by atoms with Crippen LogP contribution in [0.25, 0.3) is 22.3 Å². The molecule has 174 valence electrons. The minimum atomic E-state index is -0.232. The summed E-state index contributed by atoms with van der Waals surface area (Å²) < 4.78 is 27.5. The molecule has 1 amide bonds. The Morgan fingerprint density at radius 2 is 1.27 bits per heavy atom. The molecule has 0 aromatic heterocycles. The summed E-state index contributed by atoms with van der Waals surface area (Å²) in [5.74, 6) is 2.18. The number of carbonyl (C=O) groups is 1. The van der Waals surface area contributed by atoms with Gasteiger partial charge in [0.25, 0.3) is 0 Å². The van der Waals surface area contributed by atoms with Crippen molar-refractivity contribution in [3.63, 3.8) is 0 Å². The zero-order chi connectivity index (χ0) is 24.1. The number of anilines is 1. The van der Waals surface area contributed by atoms with Gasteiger partial charge in [-0.1, -0.05) is 0 Å². The van der Waals surface area contributed by atoms with E-state index in [1.165, 1.54) is 21.1 Å². The second-order valence-corrected chi connectivity index (χ2v) is 7.07. The van der Waals surface area contributed by atoms with E-state index in [-0.39, 0.29) is 11.7 Å². The minimum Gasteiger partial charge on any atom is -0.507 e. The zero-order valence-electron chi connectivity index (χ0n) is 19.4. The number of methoxy groups -OCH3 is 5. The maximum atomic E-state index is 11.5. The Balaban J connectivity index is 2.31. The highest BCUT2D eigenvalue weighted by Gasteiger charge is 2.23. The first kappa shape index (κ1) is 23.6. The topological polar surface area (TPSA) is 95.5 Å². The molecule has 8 heteroatoms. The molecule has 3 rings (SSSR count). The fourth-order valence-corrected chi connectivity index (χ4v) is 3.60. The average molecular weight is 453 g/mol. The maximum Gasteiger partial charge on any atom is 0.221 e. The van der Waals surface area contributed by atoms with Crippen molar-refractivity contribution in [3.05, 3.63) is 42.5 Å². The summed E-state index contributed by atoms with van der Waals surface area (Å²) in [7, 11) is 7.66. The molecule has 8 nitrogen and oxygen atoms in total. The number of ether oxygens (including phenoxy) is 5. The van der Waals surface area contributed by atoms with E-state index in [0.29, 0.717) is 56.7 Å².